The number of fused-ring (bicyclic) bond motifs is 2. The Balaban J connectivity index is 1.97. The Morgan fingerprint density at radius 2 is 1.81 bits per heavy atom. The van der Waals surface area contributed by atoms with Gasteiger partial charge in [0.05, 0.1) is 6.61 Å². The minimum Gasteiger partial charge on any atom is -0.491 e. The Bertz CT molecular complexity index is 823. The summed E-state index contributed by atoms with van der Waals surface area (Å²) in [4.78, 5) is 12.4. The molecule has 21 heavy (non-hydrogen) atoms. The van der Waals surface area contributed by atoms with Gasteiger partial charge in [-0.05, 0) is 37.3 Å². The number of ether oxygens (including phenoxy) is 2. The molecule has 0 unspecified atom stereocenters. The standard InChI is InChI=1S/C17H16O3S/c1-2-19-9-10-20-12-7-8-14-16(11-12)21-15-6-4-3-5-13(15)17(14)18/h3-8,11H,2,9-10H2,1H3. The molecule has 0 fully saturated rings. The van der Waals surface area contributed by atoms with E-state index in [-0.39, 0.29) is 5.43 Å². The molecule has 2 aromatic carbocycles. The molecular weight excluding hydrogens is 284 g/mol. The van der Waals surface area contributed by atoms with Crippen molar-refractivity contribution in [1.29, 1.82) is 0 Å². The van der Waals surface area contributed by atoms with Crippen LogP contribution in [0.25, 0.3) is 20.2 Å². The predicted octanol–water partition coefficient (Wildman–Crippen LogP) is 3.83. The molecule has 4 heteroatoms. The average Bonchev–Trinajstić information content (AvgIpc) is 2.52. The molecule has 3 nitrogen and oxygen atoms in total. The van der Waals surface area contributed by atoms with Gasteiger partial charge in [-0.1, -0.05) is 12.1 Å². The molecule has 0 amide bonds. The number of hydrogen-bond acceptors (Lipinski definition) is 4. The zero-order valence-corrected chi connectivity index (χ0v) is 12.6. The van der Waals surface area contributed by atoms with Crippen molar-refractivity contribution < 1.29 is 9.47 Å². The topological polar surface area (TPSA) is 35.5 Å². The van der Waals surface area contributed by atoms with Crippen LogP contribution in [-0.2, 0) is 4.74 Å². The van der Waals surface area contributed by atoms with Crippen LogP contribution in [0.2, 0.25) is 0 Å². The molecular formula is C17H16O3S. The van der Waals surface area contributed by atoms with Gasteiger partial charge in [0.15, 0.2) is 5.43 Å². The lowest BCUT2D eigenvalue weighted by molar-refractivity contribution is 0.110. The minimum atomic E-state index is 0.0835. The second-order valence-electron chi connectivity index (χ2n) is 4.63. The van der Waals surface area contributed by atoms with Crippen molar-refractivity contribution in [2.75, 3.05) is 19.8 Å². The first-order valence-corrected chi connectivity index (χ1v) is 7.77. The van der Waals surface area contributed by atoms with Gasteiger partial charge < -0.3 is 9.47 Å². The molecule has 3 rings (SSSR count). The normalized spacial score (nSPS) is 11.1. The van der Waals surface area contributed by atoms with Crippen molar-refractivity contribution >= 4 is 31.5 Å². The van der Waals surface area contributed by atoms with E-state index in [9.17, 15) is 4.79 Å². The second kappa shape index (κ2) is 6.24. The lowest BCUT2D eigenvalue weighted by atomic mass is 10.2. The van der Waals surface area contributed by atoms with Gasteiger partial charge in [0.25, 0.3) is 0 Å². The van der Waals surface area contributed by atoms with Gasteiger partial charge in [0.1, 0.15) is 12.4 Å². The lowest BCUT2D eigenvalue weighted by Gasteiger charge is -2.07. The smallest absolute Gasteiger partial charge is 0.195 e. The summed E-state index contributed by atoms with van der Waals surface area (Å²) in [6.07, 6.45) is 0. The van der Waals surface area contributed by atoms with Crippen LogP contribution in [0.5, 0.6) is 5.75 Å². The van der Waals surface area contributed by atoms with E-state index in [1.807, 2.05) is 49.4 Å². The summed E-state index contributed by atoms with van der Waals surface area (Å²) in [7, 11) is 0. The van der Waals surface area contributed by atoms with Crippen LogP contribution in [0, 0.1) is 0 Å². The highest BCUT2D eigenvalue weighted by Gasteiger charge is 2.06. The summed E-state index contributed by atoms with van der Waals surface area (Å²) in [6.45, 7) is 3.73. The van der Waals surface area contributed by atoms with Crippen molar-refractivity contribution in [2.24, 2.45) is 0 Å². The van der Waals surface area contributed by atoms with E-state index < -0.39 is 0 Å². The van der Waals surface area contributed by atoms with E-state index in [0.717, 1.165) is 25.9 Å². The summed E-state index contributed by atoms with van der Waals surface area (Å²) >= 11 is 1.61. The minimum absolute atomic E-state index is 0.0835. The van der Waals surface area contributed by atoms with Gasteiger partial charge in [0.2, 0.25) is 0 Å². The Morgan fingerprint density at radius 3 is 2.67 bits per heavy atom. The third kappa shape index (κ3) is 2.91. The third-order valence-electron chi connectivity index (χ3n) is 3.25. The average molecular weight is 300 g/mol. The molecule has 0 saturated carbocycles. The van der Waals surface area contributed by atoms with Gasteiger partial charge >= 0.3 is 0 Å². The van der Waals surface area contributed by atoms with Gasteiger partial charge in [0, 0.05) is 26.8 Å². The van der Waals surface area contributed by atoms with Gasteiger partial charge in [-0.2, -0.15) is 0 Å². The zero-order valence-electron chi connectivity index (χ0n) is 11.8. The molecule has 1 heterocycles. The summed E-state index contributed by atoms with van der Waals surface area (Å²) in [5, 5.41) is 1.52. The van der Waals surface area contributed by atoms with Gasteiger partial charge in [-0.3, -0.25) is 4.79 Å². The Kier molecular flexibility index (Phi) is 4.18. The molecule has 0 aliphatic rings. The zero-order chi connectivity index (χ0) is 14.7. The van der Waals surface area contributed by atoms with Crippen LogP contribution in [0.3, 0.4) is 0 Å². The molecule has 0 bridgehead atoms. The van der Waals surface area contributed by atoms with E-state index in [1.54, 1.807) is 11.3 Å². The molecule has 0 N–H and O–H groups in total. The molecule has 0 aliphatic heterocycles. The Labute approximate surface area is 126 Å². The first kappa shape index (κ1) is 14.0. The van der Waals surface area contributed by atoms with E-state index in [4.69, 9.17) is 9.47 Å². The highest BCUT2D eigenvalue weighted by atomic mass is 32.1. The largest absolute Gasteiger partial charge is 0.491 e. The monoisotopic (exact) mass is 300 g/mol. The first-order valence-electron chi connectivity index (χ1n) is 6.96. The van der Waals surface area contributed by atoms with Gasteiger partial charge in [-0.25, -0.2) is 0 Å². The molecule has 108 valence electrons. The maximum Gasteiger partial charge on any atom is 0.195 e. The summed E-state index contributed by atoms with van der Waals surface area (Å²) in [6, 6.07) is 13.3. The number of hydrogen-bond donors (Lipinski definition) is 0. The van der Waals surface area contributed by atoms with Crippen molar-refractivity contribution in [3.63, 3.8) is 0 Å². The Morgan fingerprint density at radius 1 is 1.00 bits per heavy atom. The highest BCUT2D eigenvalue weighted by molar-refractivity contribution is 7.24. The number of benzene rings is 2. The van der Waals surface area contributed by atoms with E-state index in [1.165, 1.54) is 0 Å². The van der Waals surface area contributed by atoms with E-state index >= 15 is 0 Å². The fourth-order valence-corrected chi connectivity index (χ4v) is 3.33. The van der Waals surface area contributed by atoms with Crippen LogP contribution in [0.15, 0.2) is 47.3 Å². The molecule has 0 saturated heterocycles. The summed E-state index contributed by atoms with van der Waals surface area (Å²) in [5.41, 5.74) is 0.0835. The predicted molar refractivity (Wildman–Crippen MR) is 87.6 cm³/mol. The van der Waals surface area contributed by atoms with E-state index in [2.05, 4.69) is 0 Å². The van der Waals surface area contributed by atoms with Crippen molar-refractivity contribution in [1.82, 2.24) is 0 Å². The quantitative estimate of drug-likeness (QED) is 0.530. The van der Waals surface area contributed by atoms with E-state index in [0.29, 0.717) is 19.8 Å². The third-order valence-corrected chi connectivity index (χ3v) is 4.38. The SMILES string of the molecule is CCOCCOc1ccc2c(=O)c3ccccc3sc2c1. The molecule has 0 aliphatic carbocycles. The highest BCUT2D eigenvalue weighted by Crippen LogP contribution is 2.27. The maximum atomic E-state index is 12.4. The van der Waals surface area contributed by atoms with Crippen molar-refractivity contribution in [2.45, 2.75) is 6.92 Å². The summed E-state index contributed by atoms with van der Waals surface area (Å²) < 4.78 is 12.8. The molecule has 0 atom stereocenters. The molecule has 0 radical (unpaired) electrons. The van der Waals surface area contributed by atoms with Crippen LogP contribution in [0.4, 0.5) is 0 Å². The lowest BCUT2D eigenvalue weighted by Crippen LogP contribution is -2.06. The van der Waals surface area contributed by atoms with Crippen molar-refractivity contribution in [3.05, 3.63) is 52.7 Å². The fourth-order valence-electron chi connectivity index (χ4n) is 2.23. The van der Waals surface area contributed by atoms with Crippen LogP contribution >= 0.6 is 11.3 Å². The summed E-state index contributed by atoms with van der Waals surface area (Å²) in [5.74, 6) is 0.771. The van der Waals surface area contributed by atoms with Crippen molar-refractivity contribution in [3.8, 4) is 5.75 Å². The number of rotatable bonds is 5. The van der Waals surface area contributed by atoms with Crippen LogP contribution in [-0.4, -0.2) is 19.8 Å². The maximum absolute atomic E-state index is 12.4. The van der Waals surface area contributed by atoms with Gasteiger partial charge in [-0.15, -0.1) is 11.3 Å². The van der Waals surface area contributed by atoms with Crippen LogP contribution in [0.1, 0.15) is 6.92 Å². The second-order valence-corrected chi connectivity index (χ2v) is 5.71. The molecule has 3 aromatic rings. The van der Waals surface area contributed by atoms with Crippen LogP contribution < -0.4 is 10.2 Å². The fraction of sp³-hybridized carbons (Fsp3) is 0.235. The first-order chi connectivity index (χ1) is 10.3. The molecule has 0 spiro atoms. The Hall–Kier alpha value is -1.91. The molecule has 1 aromatic heterocycles.